The van der Waals surface area contributed by atoms with Crippen LogP contribution in [0.5, 0.6) is 0 Å². The predicted molar refractivity (Wildman–Crippen MR) is 70.4 cm³/mol. The number of thioether (sulfide) groups is 1. The van der Waals surface area contributed by atoms with Gasteiger partial charge in [-0.2, -0.15) is 16.9 Å². The van der Waals surface area contributed by atoms with Crippen LogP contribution in [0.25, 0.3) is 5.82 Å². The van der Waals surface area contributed by atoms with Crippen molar-refractivity contribution in [3.05, 3.63) is 24.8 Å². The molecule has 90 valence electrons. The molecule has 0 spiro atoms. The summed E-state index contributed by atoms with van der Waals surface area (Å²) in [5.74, 6) is 2.25. The first-order valence-corrected chi connectivity index (χ1v) is 6.55. The van der Waals surface area contributed by atoms with Crippen molar-refractivity contribution >= 4 is 23.3 Å². The van der Waals surface area contributed by atoms with Gasteiger partial charge in [-0.25, -0.2) is 14.6 Å². The molecule has 0 aliphatic carbocycles. The highest BCUT2D eigenvalue weighted by atomic mass is 32.2. The molecule has 0 unspecified atom stereocenters. The zero-order valence-electron chi connectivity index (χ0n) is 9.50. The molecule has 7 heteroatoms. The summed E-state index contributed by atoms with van der Waals surface area (Å²) in [7, 11) is 0. The quantitative estimate of drug-likeness (QED) is 0.771. The second kappa shape index (κ2) is 5.53. The van der Waals surface area contributed by atoms with Crippen molar-refractivity contribution in [2.75, 3.05) is 29.6 Å². The van der Waals surface area contributed by atoms with Crippen LogP contribution in [0.3, 0.4) is 0 Å². The van der Waals surface area contributed by atoms with Crippen LogP contribution in [0.2, 0.25) is 0 Å². The van der Waals surface area contributed by atoms with Crippen LogP contribution in [0.4, 0.5) is 11.5 Å². The molecule has 17 heavy (non-hydrogen) atoms. The van der Waals surface area contributed by atoms with E-state index in [4.69, 9.17) is 5.73 Å². The van der Waals surface area contributed by atoms with Crippen molar-refractivity contribution in [1.29, 1.82) is 0 Å². The third-order valence-corrected chi connectivity index (χ3v) is 2.80. The molecule has 0 saturated carbocycles. The lowest BCUT2D eigenvalue weighted by atomic mass is 10.4. The number of aromatic nitrogens is 4. The van der Waals surface area contributed by atoms with Crippen molar-refractivity contribution in [3.8, 4) is 5.82 Å². The minimum Gasteiger partial charge on any atom is -0.393 e. The van der Waals surface area contributed by atoms with Gasteiger partial charge in [0, 0.05) is 24.7 Å². The van der Waals surface area contributed by atoms with Crippen molar-refractivity contribution in [2.45, 2.75) is 0 Å². The summed E-state index contributed by atoms with van der Waals surface area (Å²) in [6.45, 7) is 0.820. The van der Waals surface area contributed by atoms with Crippen LogP contribution in [0, 0.1) is 0 Å². The maximum Gasteiger partial charge on any atom is 0.181 e. The van der Waals surface area contributed by atoms with E-state index in [1.807, 2.05) is 6.07 Å². The maximum absolute atomic E-state index is 6.00. The molecule has 3 N–H and O–H groups in total. The largest absolute Gasteiger partial charge is 0.393 e. The number of hydrogen-bond acceptors (Lipinski definition) is 6. The van der Waals surface area contributed by atoms with E-state index in [0.29, 0.717) is 17.3 Å². The van der Waals surface area contributed by atoms with Gasteiger partial charge < -0.3 is 11.1 Å². The second-order valence-corrected chi connectivity index (χ2v) is 4.32. The first-order chi connectivity index (χ1) is 8.33. The van der Waals surface area contributed by atoms with Gasteiger partial charge in [-0.1, -0.05) is 0 Å². The average molecular weight is 250 g/mol. The summed E-state index contributed by atoms with van der Waals surface area (Å²) in [6.07, 6.45) is 7.02. The molecular formula is C10H14N6S. The van der Waals surface area contributed by atoms with Gasteiger partial charge in [-0.05, 0) is 12.3 Å². The van der Waals surface area contributed by atoms with Gasteiger partial charge in [0.25, 0.3) is 0 Å². The van der Waals surface area contributed by atoms with Crippen LogP contribution >= 0.6 is 11.8 Å². The Morgan fingerprint density at radius 3 is 3.06 bits per heavy atom. The lowest BCUT2D eigenvalue weighted by molar-refractivity contribution is 0.843. The number of hydrogen-bond donors (Lipinski definition) is 2. The minimum atomic E-state index is 0.511. The number of nitrogens with two attached hydrogens (primary N) is 1. The van der Waals surface area contributed by atoms with Crippen LogP contribution < -0.4 is 11.1 Å². The number of rotatable bonds is 5. The zero-order chi connectivity index (χ0) is 12.1. The summed E-state index contributed by atoms with van der Waals surface area (Å²) in [6, 6.07) is 1.82. The van der Waals surface area contributed by atoms with Crippen molar-refractivity contribution in [1.82, 2.24) is 19.7 Å². The molecule has 2 heterocycles. The molecule has 6 nitrogen and oxygen atoms in total. The highest BCUT2D eigenvalue weighted by Crippen LogP contribution is 2.20. The zero-order valence-corrected chi connectivity index (χ0v) is 10.3. The fourth-order valence-corrected chi connectivity index (χ4v) is 1.68. The average Bonchev–Trinajstić information content (AvgIpc) is 2.85. The van der Waals surface area contributed by atoms with E-state index in [2.05, 4.69) is 26.6 Å². The molecule has 2 rings (SSSR count). The van der Waals surface area contributed by atoms with Crippen LogP contribution in [-0.2, 0) is 0 Å². The minimum absolute atomic E-state index is 0.511. The smallest absolute Gasteiger partial charge is 0.181 e. The maximum atomic E-state index is 6.00. The van der Waals surface area contributed by atoms with E-state index in [-0.39, 0.29) is 0 Å². The van der Waals surface area contributed by atoms with Gasteiger partial charge in [0.2, 0.25) is 0 Å². The van der Waals surface area contributed by atoms with E-state index >= 15 is 0 Å². The van der Waals surface area contributed by atoms with E-state index < -0.39 is 0 Å². The van der Waals surface area contributed by atoms with Crippen molar-refractivity contribution in [2.24, 2.45) is 0 Å². The lowest BCUT2D eigenvalue weighted by Crippen LogP contribution is -2.11. The summed E-state index contributed by atoms with van der Waals surface area (Å²) in [4.78, 5) is 8.25. The molecular weight excluding hydrogens is 236 g/mol. The molecule has 0 aliphatic rings. The predicted octanol–water partition coefficient (Wildman–Crippen LogP) is 1.02. The van der Waals surface area contributed by atoms with Crippen LogP contribution in [-0.4, -0.2) is 38.3 Å². The first-order valence-electron chi connectivity index (χ1n) is 5.16. The number of nitrogens with one attached hydrogen (secondary N) is 1. The summed E-state index contributed by atoms with van der Waals surface area (Å²) < 4.78 is 1.62. The van der Waals surface area contributed by atoms with Crippen molar-refractivity contribution < 1.29 is 0 Å². The van der Waals surface area contributed by atoms with Gasteiger partial charge in [-0.15, -0.1) is 0 Å². The Kier molecular flexibility index (Phi) is 3.81. The number of anilines is 2. The van der Waals surface area contributed by atoms with Crippen LogP contribution in [0.1, 0.15) is 0 Å². The molecule has 0 bridgehead atoms. The normalized spacial score (nSPS) is 10.4. The van der Waals surface area contributed by atoms with Gasteiger partial charge in [0.1, 0.15) is 12.0 Å². The third-order valence-electron chi connectivity index (χ3n) is 2.18. The molecule has 0 amide bonds. The second-order valence-electron chi connectivity index (χ2n) is 3.33. The van der Waals surface area contributed by atoms with E-state index in [0.717, 1.165) is 12.3 Å². The molecule has 2 aromatic heterocycles. The molecule has 0 atom stereocenters. The highest BCUT2D eigenvalue weighted by molar-refractivity contribution is 7.98. The Balaban J connectivity index is 2.21. The fourth-order valence-electron chi connectivity index (χ4n) is 1.38. The summed E-state index contributed by atoms with van der Waals surface area (Å²) in [5, 5.41) is 7.28. The van der Waals surface area contributed by atoms with E-state index in [9.17, 15) is 0 Å². The SMILES string of the molecule is CSCCNc1ncnc(-n2cccn2)c1N. The number of nitrogens with zero attached hydrogens (tertiary/aromatic N) is 4. The molecule has 0 radical (unpaired) electrons. The Labute approximate surface area is 104 Å². The Bertz CT molecular complexity index is 470. The molecule has 2 aromatic rings. The Morgan fingerprint density at radius 1 is 1.47 bits per heavy atom. The third kappa shape index (κ3) is 2.68. The van der Waals surface area contributed by atoms with Crippen molar-refractivity contribution in [3.63, 3.8) is 0 Å². The van der Waals surface area contributed by atoms with Gasteiger partial charge in [-0.3, -0.25) is 0 Å². The lowest BCUT2D eigenvalue weighted by Gasteiger charge is -2.10. The van der Waals surface area contributed by atoms with Gasteiger partial charge in [0.15, 0.2) is 11.6 Å². The number of nitrogen functional groups attached to an aromatic ring is 1. The summed E-state index contributed by atoms with van der Waals surface area (Å²) >= 11 is 1.76. The molecule has 0 fully saturated rings. The van der Waals surface area contributed by atoms with E-state index in [1.54, 1.807) is 28.8 Å². The highest BCUT2D eigenvalue weighted by Gasteiger charge is 2.09. The van der Waals surface area contributed by atoms with Crippen LogP contribution in [0.15, 0.2) is 24.8 Å². The van der Waals surface area contributed by atoms with E-state index in [1.165, 1.54) is 6.33 Å². The first kappa shape index (κ1) is 11.7. The monoisotopic (exact) mass is 250 g/mol. The Hall–Kier alpha value is -1.76. The van der Waals surface area contributed by atoms with Gasteiger partial charge >= 0.3 is 0 Å². The summed E-state index contributed by atoms with van der Waals surface area (Å²) in [5.41, 5.74) is 6.51. The molecule has 0 aliphatic heterocycles. The standard InChI is InChI=1S/C10H14N6S/c1-17-6-4-12-9-8(11)10(14-7-13-9)16-5-2-3-15-16/h2-3,5,7H,4,6,11H2,1H3,(H,12,13,14). The van der Waals surface area contributed by atoms with Gasteiger partial charge in [0.05, 0.1) is 0 Å². The Morgan fingerprint density at radius 2 is 2.35 bits per heavy atom. The molecule has 0 saturated heterocycles. The topological polar surface area (TPSA) is 81.7 Å². The molecule has 0 aromatic carbocycles. The fraction of sp³-hybridized carbons (Fsp3) is 0.300.